The maximum absolute atomic E-state index is 12.7. The zero-order valence-electron chi connectivity index (χ0n) is 16.0. The average molecular weight is 389 g/mol. The molecule has 4 N–H and O–H groups in total. The van der Waals surface area contributed by atoms with Gasteiger partial charge in [0.1, 0.15) is 0 Å². The zero-order chi connectivity index (χ0) is 20.2. The quantitative estimate of drug-likeness (QED) is 0.624. The topological polar surface area (TPSA) is 104 Å². The van der Waals surface area contributed by atoms with E-state index in [1.54, 1.807) is 18.3 Å². The number of primary amides is 1. The number of carbonyl (C=O) groups excluding carboxylic acids is 2. The molecule has 3 aromatic rings. The van der Waals surface area contributed by atoms with E-state index in [1.165, 1.54) is 0 Å². The molecular formula is C22H23N5O2. The second-order valence-corrected chi connectivity index (χ2v) is 7.21. The predicted molar refractivity (Wildman–Crippen MR) is 113 cm³/mol. The van der Waals surface area contributed by atoms with Gasteiger partial charge in [-0.25, -0.2) is 0 Å². The molecule has 1 saturated heterocycles. The van der Waals surface area contributed by atoms with Crippen LogP contribution in [-0.2, 0) is 4.79 Å². The second kappa shape index (κ2) is 8.18. The van der Waals surface area contributed by atoms with Crippen LogP contribution in [-0.4, -0.2) is 35.1 Å². The summed E-state index contributed by atoms with van der Waals surface area (Å²) in [7, 11) is 0. The van der Waals surface area contributed by atoms with Gasteiger partial charge in [-0.2, -0.15) is 5.10 Å². The van der Waals surface area contributed by atoms with Crippen LogP contribution in [0.3, 0.4) is 0 Å². The van der Waals surface area contributed by atoms with E-state index in [9.17, 15) is 9.59 Å². The van der Waals surface area contributed by atoms with E-state index in [-0.39, 0.29) is 17.7 Å². The Labute approximate surface area is 168 Å². The van der Waals surface area contributed by atoms with Gasteiger partial charge in [-0.15, -0.1) is 0 Å². The Morgan fingerprint density at radius 1 is 1.10 bits per heavy atom. The summed E-state index contributed by atoms with van der Waals surface area (Å²) in [5.41, 5.74) is 9.35. The molecule has 1 aliphatic rings. The van der Waals surface area contributed by atoms with E-state index in [2.05, 4.69) is 20.4 Å². The van der Waals surface area contributed by atoms with Crippen molar-refractivity contribution in [1.29, 1.82) is 0 Å². The van der Waals surface area contributed by atoms with E-state index < -0.39 is 0 Å². The molecule has 7 nitrogen and oxygen atoms in total. The number of hydrogen-bond donors (Lipinski definition) is 3. The van der Waals surface area contributed by atoms with E-state index in [0.717, 1.165) is 36.3 Å². The van der Waals surface area contributed by atoms with Crippen LogP contribution in [0.25, 0.3) is 11.3 Å². The van der Waals surface area contributed by atoms with E-state index >= 15 is 0 Å². The van der Waals surface area contributed by atoms with Gasteiger partial charge in [0, 0.05) is 29.9 Å². The van der Waals surface area contributed by atoms with Crippen molar-refractivity contribution in [3.8, 4) is 11.3 Å². The van der Waals surface area contributed by atoms with Crippen molar-refractivity contribution in [3.63, 3.8) is 0 Å². The SMILES string of the molecule is NC(=O)C1CCCN(c2ccc(C(=O)Nc3cn[nH]c3-c3ccccc3)cc2)C1. The molecule has 0 saturated carbocycles. The third-order valence-corrected chi connectivity index (χ3v) is 5.27. The molecule has 0 spiro atoms. The first-order valence-electron chi connectivity index (χ1n) is 9.66. The number of hydrogen-bond acceptors (Lipinski definition) is 4. The second-order valence-electron chi connectivity index (χ2n) is 7.21. The number of amides is 2. The highest BCUT2D eigenvalue weighted by atomic mass is 16.2. The smallest absolute Gasteiger partial charge is 0.255 e. The number of nitrogens with two attached hydrogens (primary N) is 1. The minimum atomic E-state index is -0.250. The van der Waals surface area contributed by atoms with Crippen molar-refractivity contribution in [2.24, 2.45) is 11.7 Å². The summed E-state index contributed by atoms with van der Waals surface area (Å²) in [6.45, 7) is 1.50. The number of nitrogens with one attached hydrogen (secondary N) is 2. The number of piperidine rings is 1. The lowest BCUT2D eigenvalue weighted by Crippen LogP contribution is -2.41. The largest absolute Gasteiger partial charge is 0.371 e. The number of aromatic amines is 1. The number of aromatic nitrogens is 2. The summed E-state index contributed by atoms with van der Waals surface area (Å²) in [4.78, 5) is 26.3. The summed E-state index contributed by atoms with van der Waals surface area (Å²) in [5.74, 6) is -0.576. The molecule has 2 heterocycles. The fourth-order valence-electron chi connectivity index (χ4n) is 3.67. The molecule has 1 unspecified atom stereocenters. The fourth-order valence-corrected chi connectivity index (χ4v) is 3.67. The van der Waals surface area contributed by atoms with Gasteiger partial charge >= 0.3 is 0 Å². The fraction of sp³-hybridized carbons (Fsp3) is 0.227. The molecule has 7 heteroatoms. The van der Waals surface area contributed by atoms with Gasteiger partial charge in [0.2, 0.25) is 5.91 Å². The Kier molecular flexibility index (Phi) is 5.29. The highest BCUT2D eigenvalue weighted by Gasteiger charge is 2.24. The molecule has 4 rings (SSSR count). The van der Waals surface area contributed by atoms with Crippen molar-refractivity contribution >= 4 is 23.2 Å². The van der Waals surface area contributed by atoms with E-state index in [4.69, 9.17) is 5.73 Å². The normalized spacial score (nSPS) is 16.4. The van der Waals surface area contributed by atoms with Crippen molar-refractivity contribution < 1.29 is 9.59 Å². The minimum Gasteiger partial charge on any atom is -0.371 e. The van der Waals surface area contributed by atoms with Crippen molar-refractivity contribution in [3.05, 3.63) is 66.4 Å². The molecule has 2 amide bonds. The van der Waals surface area contributed by atoms with Gasteiger partial charge in [0.15, 0.2) is 0 Å². The third kappa shape index (κ3) is 4.13. The molecule has 29 heavy (non-hydrogen) atoms. The summed E-state index contributed by atoms with van der Waals surface area (Å²) in [6.07, 6.45) is 3.37. The minimum absolute atomic E-state index is 0.121. The first-order valence-corrected chi connectivity index (χ1v) is 9.66. The van der Waals surface area contributed by atoms with Gasteiger partial charge in [-0.1, -0.05) is 30.3 Å². The Bertz CT molecular complexity index is 998. The number of benzene rings is 2. The van der Waals surface area contributed by atoms with Crippen LogP contribution < -0.4 is 16.0 Å². The molecule has 1 aromatic heterocycles. The Morgan fingerprint density at radius 2 is 1.86 bits per heavy atom. The van der Waals surface area contributed by atoms with E-state index in [1.807, 2.05) is 42.5 Å². The Morgan fingerprint density at radius 3 is 2.59 bits per heavy atom. The Balaban J connectivity index is 1.46. The molecule has 148 valence electrons. The summed E-state index contributed by atoms with van der Waals surface area (Å²) in [6, 6.07) is 17.1. The third-order valence-electron chi connectivity index (χ3n) is 5.27. The van der Waals surface area contributed by atoms with Crippen LogP contribution in [0, 0.1) is 5.92 Å². The van der Waals surface area contributed by atoms with Crippen LogP contribution in [0.4, 0.5) is 11.4 Å². The molecule has 1 fully saturated rings. The van der Waals surface area contributed by atoms with Crippen LogP contribution in [0.1, 0.15) is 23.2 Å². The highest BCUT2D eigenvalue weighted by molar-refractivity contribution is 6.06. The first-order chi connectivity index (χ1) is 14.1. The zero-order valence-corrected chi connectivity index (χ0v) is 16.0. The summed E-state index contributed by atoms with van der Waals surface area (Å²) in [5, 5.41) is 9.91. The number of H-pyrrole nitrogens is 1. The summed E-state index contributed by atoms with van der Waals surface area (Å²) < 4.78 is 0. The monoisotopic (exact) mass is 389 g/mol. The average Bonchev–Trinajstić information content (AvgIpc) is 3.22. The van der Waals surface area contributed by atoms with Crippen LogP contribution in [0.15, 0.2) is 60.8 Å². The van der Waals surface area contributed by atoms with Gasteiger partial charge in [0.25, 0.3) is 5.91 Å². The molecule has 0 aliphatic carbocycles. The van der Waals surface area contributed by atoms with Crippen LogP contribution in [0.2, 0.25) is 0 Å². The van der Waals surface area contributed by atoms with Crippen LogP contribution >= 0.6 is 0 Å². The van der Waals surface area contributed by atoms with E-state index in [0.29, 0.717) is 17.8 Å². The molecule has 2 aromatic carbocycles. The van der Waals surface area contributed by atoms with Gasteiger partial charge < -0.3 is 16.0 Å². The summed E-state index contributed by atoms with van der Waals surface area (Å²) >= 11 is 0. The molecule has 1 atom stereocenters. The lowest BCUT2D eigenvalue weighted by molar-refractivity contribution is -0.122. The lowest BCUT2D eigenvalue weighted by Gasteiger charge is -2.33. The molecular weight excluding hydrogens is 366 g/mol. The molecule has 1 aliphatic heterocycles. The Hall–Kier alpha value is -3.61. The van der Waals surface area contributed by atoms with Crippen LogP contribution in [0.5, 0.6) is 0 Å². The standard InChI is InChI=1S/C22H23N5O2/c23-21(28)17-7-4-12-27(14-17)18-10-8-16(9-11-18)22(29)25-19-13-24-26-20(19)15-5-2-1-3-6-15/h1-3,5-6,8-11,13,17H,4,7,12,14H2,(H2,23,28)(H,24,26)(H,25,29). The van der Waals surface area contributed by atoms with Gasteiger partial charge in [-0.05, 0) is 37.1 Å². The van der Waals surface area contributed by atoms with Gasteiger partial charge in [0.05, 0.1) is 23.5 Å². The maximum atomic E-state index is 12.7. The highest BCUT2D eigenvalue weighted by Crippen LogP contribution is 2.26. The lowest BCUT2D eigenvalue weighted by atomic mass is 9.97. The molecule has 0 radical (unpaired) electrons. The number of nitrogens with zero attached hydrogens (tertiary/aromatic N) is 2. The van der Waals surface area contributed by atoms with Gasteiger partial charge in [-0.3, -0.25) is 14.7 Å². The first kappa shape index (κ1) is 18.7. The van der Waals surface area contributed by atoms with Crippen molar-refractivity contribution in [1.82, 2.24) is 10.2 Å². The number of carbonyl (C=O) groups is 2. The number of anilines is 2. The predicted octanol–water partition coefficient (Wildman–Crippen LogP) is 3.03. The van der Waals surface area contributed by atoms with Crippen molar-refractivity contribution in [2.75, 3.05) is 23.3 Å². The maximum Gasteiger partial charge on any atom is 0.255 e. The number of rotatable bonds is 5. The molecule has 0 bridgehead atoms. The van der Waals surface area contributed by atoms with Crippen molar-refractivity contribution in [2.45, 2.75) is 12.8 Å².